The van der Waals surface area contributed by atoms with Crippen LogP contribution in [0, 0.1) is 12.2 Å². The fraction of sp³-hybridized carbons (Fsp3) is 0.308. The van der Waals surface area contributed by atoms with E-state index in [0.29, 0.717) is 0 Å². The fourth-order valence-electron chi connectivity index (χ4n) is 2.35. The predicted molar refractivity (Wildman–Crippen MR) is 65.8 cm³/mol. The molecule has 1 saturated heterocycles. The number of nitrogens with zero attached hydrogens (tertiary/aromatic N) is 4. The molecule has 1 aliphatic heterocycles. The molecule has 3 rings (SSSR count). The maximum absolute atomic E-state index is 13.0. The van der Waals surface area contributed by atoms with Gasteiger partial charge in [0.25, 0.3) is 0 Å². The van der Waals surface area contributed by atoms with Crippen molar-refractivity contribution in [3.8, 4) is 0 Å². The van der Waals surface area contributed by atoms with Gasteiger partial charge in [-0.05, 0) is 37.0 Å². The summed E-state index contributed by atoms with van der Waals surface area (Å²) in [5, 5.41) is 6.33. The average Bonchev–Trinajstić information content (AvgIpc) is 2.93. The third kappa shape index (κ3) is 2.08. The van der Waals surface area contributed by atoms with Crippen molar-refractivity contribution < 1.29 is 4.39 Å². The number of halogens is 1. The Bertz CT molecular complexity index is 494. The molecule has 1 aromatic carbocycles. The van der Waals surface area contributed by atoms with Crippen molar-refractivity contribution in [2.45, 2.75) is 18.9 Å². The lowest BCUT2D eigenvalue weighted by Gasteiger charge is -2.36. The summed E-state index contributed by atoms with van der Waals surface area (Å²) in [6.07, 6.45) is 7.45. The molecule has 4 nitrogen and oxygen atoms in total. The average molecular weight is 245 g/mol. The van der Waals surface area contributed by atoms with E-state index in [4.69, 9.17) is 0 Å². The zero-order chi connectivity index (χ0) is 12.4. The largest absolute Gasteiger partial charge is 0.288 e. The second-order valence-corrected chi connectivity index (χ2v) is 4.36. The molecule has 1 atom stereocenters. The van der Waals surface area contributed by atoms with Crippen molar-refractivity contribution in [2.24, 2.45) is 0 Å². The van der Waals surface area contributed by atoms with Crippen molar-refractivity contribution in [3.05, 3.63) is 54.7 Å². The monoisotopic (exact) mass is 245 g/mol. The van der Waals surface area contributed by atoms with Gasteiger partial charge >= 0.3 is 0 Å². The lowest BCUT2D eigenvalue weighted by molar-refractivity contribution is 0.406. The summed E-state index contributed by atoms with van der Waals surface area (Å²) in [7, 11) is 0. The molecule has 5 heteroatoms. The number of rotatable bonds is 2. The molecule has 0 saturated carbocycles. The molecule has 18 heavy (non-hydrogen) atoms. The topological polar surface area (TPSA) is 34.0 Å². The number of aromatic nitrogens is 3. The minimum absolute atomic E-state index is 0.195. The van der Waals surface area contributed by atoms with E-state index in [2.05, 4.69) is 21.5 Å². The lowest BCUT2D eigenvalue weighted by Crippen LogP contribution is -2.42. The van der Waals surface area contributed by atoms with E-state index in [1.54, 1.807) is 11.1 Å². The highest BCUT2D eigenvalue weighted by atomic mass is 19.1. The van der Waals surface area contributed by atoms with E-state index >= 15 is 0 Å². The number of hydrogen-bond donors (Lipinski definition) is 0. The highest BCUT2D eigenvalue weighted by molar-refractivity contribution is 5.25. The summed E-state index contributed by atoms with van der Waals surface area (Å²) >= 11 is 0. The van der Waals surface area contributed by atoms with Crippen LogP contribution in [-0.4, -0.2) is 21.4 Å². The Morgan fingerprint density at radius 3 is 2.78 bits per heavy atom. The van der Waals surface area contributed by atoms with Crippen LogP contribution in [0.4, 0.5) is 4.39 Å². The van der Waals surface area contributed by atoms with Crippen molar-refractivity contribution in [2.75, 3.05) is 11.6 Å². The zero-order valence-electron chi connectivity index (χ0n) is 9.91. The SMILES string of the molecule is Fc1ccc(C2C[CH]CCN2n2cncn2)cc1. The van der Waals surface area contributed by atoms with Gasteiger partial charge in [0, 0.05) is 6.54 Å². The van der Waals surface area contributed by atoms with Gasteiger partial charge in [-0.25, -0.2) is 9.37 Å². The highest BCUT2D eigenvalue weighted by Gasteiger charge is 2.24. The van der Waals surface area contributed by atoms with Gasteiger partial charge in [0.05, 0.1) is 6.04 Å². The maximum atomic E-state index is 13.0. The number of piperidine rings is 1. The third-order valence-corrected chi connectivity index (χ3v) is 3.24. The maximum Gasteiger partial charge on any atom is 0.139 e. The number of hydrogen-bond acceptors (Lipinski definition) is 3. The Morgan fingerprint density at radius 1 is 1.22 bits per heavy atom. The second-order valence-electron chi connectivity index (χ2n) is 4.36. The molecule has 1 unspecified atom stereocenters. The van der Waals surface area contributed by atoms with Crippen LogP contribution in [-0.2, 0) is 0 Å². The van der Waals surface area contributed by atoms with E-state index in [1.807, 2.05) is 12.1 Å². The standard InChI is InChI=1S/C13H14FN4/c14-12-6-4-11(5-7-12)13-3-1-2-8-17(13)18-10-15-9-16-18/h1,4-7,9-10,13H,2-3,8H2. The molecule has 2 heterocycles. The molecule has 2 aromatic rings. The Morgan fingerprint density at radius 2 is 2.06 bits per heavy atom. The first kappa shape index (κ1) is 11.2. The minimum atomic E-state index is -0.203. The molecule has 1 fully saturated rings. The Balaban J connectivity index is 1.90. The number of benzene rings is 1. The highest BCUT2D eigenvalue weighted by Crippen LogP contribution is 2.28. The van der Waals surface area contributed by atoms with Crippen LogP contribution in [0.5, 0.6) is 0 Å². The molecule has 0 bridgehead atoms. The first-order chi connectivity index (χ1) is 8.84. The normalized spacial score (nSPS) is 20.1. The molecule has 0 amide bonds. The molecular formula is C13H14FN4. The molecule has 93 valence electrons. The van der Waals surface area contributed by atoms with Crippen molar-refractivity contribution in [1.29, 1.82) is 0 Å². The molecule has 0 N–H and O–H groups in total. The Labute approximate surface area is 105 Å². The van der Waals surface area contributed by atoms with E-state index < -0.39 is 0 Å². The molecular weight excluding hydrogens is 231 g/mol. The summed E-state index contributed by atoms with van der Waals surface area (Å²) in [5.41, 5.74) is 1.10. The van der Waals surface area contributed by atoms with Gasteiger partial charge in [-0.2, -0.15) is 4.79 Å². The van der Waals surface area contributed by atoms with Gasteiger partial charge in [-0.3, -0.25) is 5.01 Å². The zero-order valence-corrected chi connectivity index (χ0v) is 9.91. The van der Waals surface area contributed by atoms with Gasteiger partial charge < -0.3 is 0 Å². The summed E-state index contributed by atoms with van der Waals surface area (Å²) in [6.45, 7) is 0.894. The smallest absolute Gasteiger partial charge is 0.139 e. The van der Waals surface area contributed by atoms with Crippen LogP contribution in [0.3, 0.4) is 0 Å². The summed E-state index contributed by atoms with van der Waals surface area (Å²) < 4.78 is 13.0. The molecule has 1 radical (unpaired) electrons. The molecule has 0 spiro atoms. The Hall–Kier alpha value is -1.91. The van der Waals surface area contributed by atoms with Gasteiger partial charge in [0.1, 0.15) is 18.5 Å². The van der Waals surface area contributed by atoms with E-state index in [9.17, 15) is 4.39 Å². The minimum Gasteiger partial charge on any atom is -0.288 e. The quantitative estimate of drug-likeness (QED) is 0.812. The lowest BCUT2D eigenvalue weighted by atomic mass is 9.97. The molecule has 0 aliphatic carbocycles. The van der Waals surface area contributed by atoms with Crippen LogP contribution >= 0.6 is 0 Å². The molecule has 1 aliphatic rings. The molecule has 1 aromatic heterocycles. The van der Waals surface area contributed by atoms with Crippen LogP contribution in [0.2, 0.25) is 0 Å². The van der Waals surface area contributed by atoms with Crippen LogP contribution < -0.4 is 5.01 Å². The van der Waals surface area contributed by atoms with Crippen molar-refractivity contribution >= 4 is 0 Å². The van der Waals surface area contributed by atoms with Gasteiger partial charge in [-0.1, -0.05) is 12.1 Å². The first-order valence-electron chi connectivity index (χ1n) is 6.03. The third-order valence-electron chi connectivity index (χ3n) is 3.24. The van der Waals surface area contributed by atoms with Crippen LogP contribution in [0.25, 0.3) is 0 Å². The fourth-order valence-corrected chi connectivity index (χ4v) is 2.35. The Kier molecular flexibility index (Phi) is 2.96. The van der Waals surface area contributed by atoms with Crippen molar-refractivity contribution in [1.82, 2.24) is 14.9 Å². The van der Waals surface area contributed by atoms with E-state index in [0.717, 1.165) is 24.9 Å². The van der Waals surface area contributed by atoms with Gasteiger partial charge in [0.2, 0.25) is 0 Å². The second kappa shape index (κ2) is 4.76. The summed E-state index contributed by atoms with van der Waals surface area (Å²) in [4.78, 5) is 5.74. The van der Waals surface area contributed by atoms with Gasteiger partial charge in [-0.15, -0.1) is 5.10 Å². The summed E-state index contributed by atoms with van der Waals surface area (Å²) in [6, 6.07) is 6.88. The van der Waals surface area contributed by atoms with E-state index in [1.165, 1.54) is 18.5 Å². The first-order valence-corrected chi connectivity index (χ1v) is 6.03. The van der Waals surface area contributed by atoms with E-state index in [-0.39, 0.29) is 11.9 Å². The van der Waals surface area contributed by atoms with Crippen LogP contribution in [0.15, 0.2) is 36.9 Å². The predicted octanol–water partition coefficient (Wildman–Crippen LogP) is 2.09. The van der Waals surface area contributed by atoms with Gasteiger partial charge in [0.15, 0.2) is 0 Å². The summed E-state index contributed by atoms with van der Waals surface area (Å²) in [5.74, 6) is -0.203. The van der Waals surface area contributed by atoms with Crippen molar-refractivity contribution in [3.63, 3.8) is 0 Å². The van der Waals surface area contributed by atoms with Crippen LogP contribution in [0.1, 0.15) is 24.4 Å².